The van der Waals surface area contributed by atoms with Crippen LogP contribution in [0.1, 0.15) is 12.8 Å². The first-order chi connectivity index (χ1) is 8.38. The molecule has 3 rings (SSSR count). The Balaban J connectivity index is 2.00. The molecule has 1 aliphatic rings. The highest BCUT2D eigenvalue weighted by molar-refractivity contribution is 9.09. The van der Waals surface area contributed by atoms with E-state index in [2.05, 4.69) is 25.8 Å². The standard InChI is InChI=1S/C13H14BrN3/c14-8-10-4-3-7-17(10)13-9-15-11-5-1-2-6-12(11)16-13/h1-2,5-6,9-10H,3-4,7-8H2. The van der Waals surface area contributed by atoms with Crippen LogP contribution in [-0.2, 0) is 0 Å². The fourth-order valence-corrected chi connectivity index (χ4v) is 3.06. The average molecular weight is 292 g/mol. The molecule has 1 aromatic carbocycles. The predicted octanol–water partition coefficient (Wildman–Crippen LogP) is 2.99. The Kier molecular flexibility index (Phi) is 2.97. The highest BCUT2D eigenvalue weighted by Gasteiger charge is 2.24. The lowest BCUT2D eigenvalue weighted by molar-refractivity contribution is 0.741. The van der Waals surface area contributed by atoms with Crippen LogP contribution in [0.25, 0.3) is 11.0 Å². The average Bonchev–Trinajstić information content (AvgIpc) is 2.86. The molecule has 88 valence electrons. The van der Waals surface area contributed by atoms with E-state index in [0.717, 1.165) is 28.7 Å². The molecule has 0 spiro atoms. The highest BCUT2D eigenvalue weighted by Crippen LogP contribution is 2.25. The first-order valence-corrected chi connectivity index (χ1v) is 7.05. The summed E-state index contributed by atoms with van der Waals surface area (Å²) in [7, 11) is 0. The molecule has 3 nitrogen and oxygen atoms in total. The fourth-order valence-electron chi connectivity index (χ4n) is 2.38. The fraction of sp³-hybridized carbons (Fsp3) is 0.385. The first kappa shape index (κ1) is 11.0. The number of rotatable bonds is 2. The normalized spacial score (nSPS) is 20.1. The molecule has 0 N–H and O–H groups in total. The zero-order valence-corrected chi connectivity index (χ0v) is 11.1. The van der Waals surface area contributed by atoms with Gasteiger partial charge in [0.25, 0.3) is 0 Å². The third kappa shape index (κ3) is 2.02. The summed E-state index contributed by atoms with van der Waals surface area (Å²) in [5.74, 6) is 1.01. The number of fused-ring (bicyclic) bond motifs is 1. The van der Waals surface area contributed by atoms with Crippen molar-refractivity contribution in [2.24, 2.45) is 0 Å². The van der Waals surface area contributed by atoms with E-state index < -0.39 is 0 Å². The maximum absolute atomic E-state index is 4.70. The maximum atomic E-state index is 4.70. The van der Waals surface area contributed by atoms with Crippen LogP contribution in [-0.4, -0.2) is 27.9 Å². The van der Waals surface area contributed by atoms with E-state index in [-0.39, 0.29) is 0 Å². The van der Waals surface area contributed by atoms with Crippen molar-refractivity contribution in [1.29, 1.82) is 0 Å². The van der Waals surface area contributed by atoms with Crippen LogP contribution in [0.15, 0.2) is 30.5 Å². The van der Waals surface area contributed by atoms with Crippen molar-refractivity contribution in [1.82, 2.24) is 9.97 Å². The summed E-state index contributed by atoms with van der Waals surface area (Å²) in [5.41, 5.74) is 1.94. The number of nitrogens with zero attached hydrogens (tertiary/aromatic N) is 3. The van der Waals surface area contributed by atoms with E-state index in [4.69, 9.17) is 4.98 Å². The quantitative estimate of drug-likeness (QED) is 0.797. The lowest BCUT2D eigenvalue weighted by atomic mass is 10.2. The minimum Gasteiger partial charge on any atom is -0.351 e. The SMILES string of the molecule is BrCC1CCCN1c1cnc2ccccc2n1. The van der Waals surface area contributed by atoms with E-state index in [1.165, 1.54) is 12.8 Å². The largest absolute Gasteiger partial charge is 0.351 e. The molecule has 4 heteroatoms. The van der Waals surface area contributed by atoms with Gasteiger partial charge in [-0.1, -0.05) is 28.1 Å². The second-order valence-electron chi connectivity index (χ2n) is 4.36. The van der Waals surface area contributed by atoms with Crippen LogP contribution in [0.3, 0.4) is 0 Å². The van der Waals surface area contributed by atoms with Crippen molar-refractivity contribution in [3.8, 4) is 0 Å². The van der Waals surface area contributed by atoms with Crippen molar-refractivity contribution in [3.05, 3.63) is 30.5 Å². The number of aromatic nitrogens is 2. The van der Waals surface area contributed by atoms with Gasteiger partial charge in [0.05, 0.1) is 17.2 Å². The second kappa shape index (κ2) is 4.61. The van der Waals surface area contributed by atoms with Crippen LogP contribution >= 0.6 is 15.9 Å². The number of halogens is 1. The van der Waals surface area contributed by atoms with E-state index in [1.54, 1.807) is 0 Å². The van der Waals surface area contributed by atoms with Crippen molar-refractivity contribution >= 4 is 32.8 Å². The number of hydrogen-bond acceptors (Lipinski definition) is 3. The molecule has 0 amide bonds. The van der Waals surface area contributed by atoms with Gasteiger partial charge in [-0.05, 0) is 25.0 Å². The van der Waals surface area contributed by atoms with Crippen molar-refractivity contribution in [2.45, 2.75) is 18.9 Å². The molecule has 1 unspecified atom stereocenters. The van der Waals surface area contributed by atoms with E-state index in [0.29, 0.717) is 6.04 Å². The summed E-state index contributed by atoms with van der Waals surface area (Å²) in [6.07, 6.45) is 4.37. The molecule has 0 saturated carbocycles. The van der Waals surface area contributed by atoms with Gasteiger partial charge in [-0.25, -0.2) is 4.98 Å². The third-order valence-corrected chi connectivity index (χ3v) is 4.03. The molecular weight excluding hydrogens is 278 g/mol. The van der Waals surface area contributed by atoms with Gasteiger partial charge in [-0.2, -0.15) is 0 Å². The van der Waals surface area contributed by atoms with Crippen LogP contribution in [0.5, 0.6) is 0 Å². The van der Waals surface area contributed by atoms with Crippen LogP contribution in [0.4, 0.5) is 5.82 Å². The van der Waals surface area contributed by atoms with E-state index in [1.807, 2.05) is 30.5 Å². The zero-order chi connectivity index (χ0) is 11.7. The van der Waals surface area contributed by atoms with Crippen LogP contribution in [0.2, 0.25) is 0 Å². The van der Waals surface area contributed by atoms with E-state index in [9.17, 15) is 0 Å². The Labute approximate surface area is 109 Å². The molecular formula is C13H14BrN3. The van der Waals surface area contributed by atoms with Gasteiger partial charge < -0.3 is 4.90 Å². The van der Waals surface area contributed by atoms with Gasteiger partial charge in [-0.3, -0.25) is 4.98 Å². The van der Waals surface area contributed by atoms with Crippen molar-refractivity contribution in [2.75, 3.05) is 16.8 Å². The molecule has 17 heavy (non-hydrogen) atoms. The summed E-state index contributed by atoms with van der Waals surface area (Å²) in [6, 6.07) is 8.58. The minimum absolute atomic E-state index is 0.561. The summed E-state index contributed by atoms with van der Waals surface area (Å²) >= 11 is 3.57. The molecule has 1 saturated heterocycles. The summed E-state index contributed by atoms with van der Waals surface area (Å²) in [5, 5.41) is 1.00. The lowest BCUT2D eigenvalue weighted by Crippen LogP contribution is -2.31. The molecule has 1 aliphatic heterocycles. The lowest BCUT2D eigenvalue weighted by Gasteiger charge is -2.23. The topological polar surface area (TPSA) is 29.0 Å². The molecule has 1 atom stereocenters. The number of anilines is 1. The van der Waals surface area contributed by atoms with Crippen LogP contribution < -0.4 is 4.90 Å². The molecule has 0 bridgehead atoms. The Morgan fingerprint density at radius 1 is 1.29 bits per heavy atom. The summed E-state index contributed by atoms with van der Waals surface area (Å²) in [4.78, 5) is 11.5. The highest BCUT2D eigenvalue weighted by atomic mass is 79.9. The third-order valence-electron chi connectivity index (χ3n) is 3.29. The Hall–Kier alpha value is -1.16. The van der Waals surface area contributed by atoms with E-state index >= 15 is 0 Å². The Bertz CT molecular complexity index is 529. The number of alkyl halides is 1. The zero-order valence-electron chi connectivity index (χ0n) is 9.51. The molecule has 1 fully saturated rings. The van der Waals surface area contributed by atoms with Gasteiger partial charge in [0.2, 0.25) is 0 Å². The number of hydrogen-bond donors (Lipinski definition) is 0. The molecule has 0 radical (unpaired) electrons. The Morgan fingerprint density at radius 3 is 2.94 bits per heavy atom. The first-order valence-electron chi connectivity index (χ1n) is 5.93. The van der Waals surface area contributed by atoms with Crippen molar-refractivity contribution in [3.63, 3.8) is 0 Å². The van der Waals surface area contributed by atoms with Crippen LogP contribution in [0, 0.1) is 0 Å². The monoisotopic (exact) mass is 291 g/mol. The maximum Gasteiger partial charge on any atom is 0.148 e. The predicted molar refractivity (Wildman–Crippen MR) is 73.7 cm³/mol. The smallest absolute Gasteiger partial charge is 0.148 e. The van der Waals surface area contributed by atoms with Crippen molar-refractivity contribution < 1.29 is 0 Å². The van der Waals surface area contributed by atoms with Gasteiger partial charge in [0.15, 0.2) is 0 Å². The number of benzene rings is 1. The van der Waals surface area contributed by atoms with Gasteiger partial charge in [0, 0.05) is 17.9 Å². The van der Waals surface area contributed by atoms with Gasteiger partial charge in [-0.15, -0.1) is 0 Å². The summed E-state index contributed by atoms with van der Waals surface area (Å²) in [6.45, 7) is 1.09. The molecule has 0 aliphatic carbocycles. The second-order valence-corrected chi connectivity index (χ2v) is 5.01. The number of para-hydroxylation sites is 2. The van der Waals surface area contributed by atoms with Gasteiger partial charge >= 0.3 is 0 Å². The minimum atomic E-state index is 0.561. The molecule has 1 aromatic heterocycles. The molecule has 2 aromatic rings. The summed E-state index contributed by atoms with van der Waals surface area (Å²) < 4.78 is 0. The Morgan fingerprint density at radius 2 is 2.12 bits per heavy atom. The van der Waals surface area contributed by atoms with Gasteiger partial charge in [0.1, 0.15) is 5.82 Å². The molecule has 2 heterocycles.